The van der Waals surface area contributed by atoms with Crippen molar-refractivity contribution in [3.63, 3.8) is 0 Å². The molecule has 25 heavy (non-hydrogen) atoms. The molecule has 1 saturated heterocycles. The molecule has 0 bridgehead atoms. The number of nitrogens with one attached hydrogen (secondary N) is 2. The molecule has 0 spiro atoms. The van der Waals surface area contributed by atoms with Gasteiger partial charge < -0.3 is 20.6 Å². The summed E-state index contributed by atoms with van der Waals surface area (Å²) in [5.74, 6) is 0.583. The van der Waals surface area contributed by atoms with Gasteiger partial charge in [0.15, 0.2) is 0 Å². The molecule has 2 rings (SSSR count). The number of carbonyl (C=O) groups is 1. The van der Waals surface area contributed by atoms with Crippen LogP contribution in [0.4, 0.5) is 5.69 Å². The largest absolute Gasteiger partial charge is 0.394 e. The van der Waals surface area contributed by atoms with E-state index in [0.717, 1.165) is 25.1 Å². The van der Waals surface area contributed by atoms with Crippen molar-refractivity contribution >= 4 is 11.6 Å². The zero-order valence-electron chi connectivity index (χ0n) is 15.1. The smallest absolute Gasteiger partial charge is 0.241 e. The second-order valence-corrected chi connectivity index (χ2v) is 7.14. The van der Waals surface area contributed by atoms with E-state index in [1.165, 1.54) is 0 Å². The maximum absolute atomic E-state index is 12.4. The molecule has 0 radical (unpaired) electrons. The highest BCUT2D eigenvalue weighted by molar-refractivity contribution is 5.81. The van der Waals surface area contributed by atoms with Crippen molar-refractivity contribution in [1.29, 1.82) is 5.26 Å². The average Bonchev–Trinajstić information content (AvgIpc) is 2.65. The van der Waals surface area contributed by atoms with Gasteiger partial charge in [-0.05, 0) is 49.6 Å². The molecule has 1 heterocycles. The third kappa shape index (κ3) is 5.45. The first-order valence-corrected chi connectivity index (χ1v) is 8.86. The lowest BCUT2D eigenvalue weighted by molar-refractivity contribution is -0.131. The van der Waals surface area contributed by atoms with Gasteiger partial charge in [-0.3, -0.25) is 4.79 Å². The minimum atomic E-state index is -0.262. The molecule has 0 saturated carbocycles. The number of aliphatic hydroxyl groups excluding tert-OH is 1. The van der Waals surface area contributed by atoms with E-state index in [1.807, 2.05) is 4.90 Å². The third-order valence-electron chi connectivity index (χ3n) is 4.72. The fourth-order valence-electron chi connectivity index (χ4n) is 2.95. The van der Waals surface area contributed by atoms with Crippen molar-refractivity contribution in [3.8, 4) is 6.07 Å². The molecule has 6 heteroatoms. The topological polar surface area (TPSA) is 88.4 Å². The number of anilines is 1. The Morgan fingerprint density at radius 2 is 1.96 bits per heavy atom. The lowest BCUT2D eigenvalue weighted by Gasteiger charge is -2.42. The van der Waals surface area contributed by atoms with E-state index >= 15 is 0 Å². The molecule has 6 nitrogen and oxygen atoms in total. The number of rotatable bonds is 7. The number of nitrogens with zero attached hydrogens (tertiary/aromatic N) is 2. The molecule has 1 aliphatic rings. The van der Waals surface area contributed by atoms with E-state index in [1.54, 1.807) is 24.3 Å². The van der Waals surface area contributed by atoms with Gasteiger partial charge >= 0.3 is 0 Å². The number of hydrogen-bond donors (Lipinski definition) is 3. The Balaban J connectivity index is 1.80. The summed E-state index contributed by atoms with van der Waals surface area (Å²) in [5.41, 5.74) is 1.16. The monoisotopic (exact) mass is 344 g/mol. The van der Waals surface area contributed by atoms with Crippen LogP contribution in [-0.2, 0) is 4.79 Å². The quantitative estimate of drug-likeness (QED) is 0.699. The van der Waals surface area contributed by atoms with Crippen LogP contribution in [0.15, 0.2) is 24.3 Å². The Kier molecular flexibility index (Phi) is 6.80. The Bertz CT molecular complexity index is 599. The van der Waals surface area contributed by atoms with Gasteiger partial charge in [-0.1, -0.05) is 13.8 Å². The van der Waals surface area contributed by atoms with Crippen molar-refractivity contribution in [2.24, 2.45) is 5.92 Å². The number of amides is 1. The van der Waals surface area contributed by atoms with Gasteiger partial charge in [-0.25, -0.2) is 0 Å². The van der Waals surface area contributed by atoms with Crippen LogP contribution in [0.3, 0.4) is 0 Å². The fourth-order valence-corrected chi connectivity index (χ4v) is 2.95. The number of aliphatic hydroxyl groups is 1. The summed E-state index contributed by atoms with van der Waals surface area (Å²) in [6.45, 7) is 6.80. The summed E-state index contributed by atoms with van der Waals surface area (Å²) in [7, 11) is 0. The third-order valence-corrected chi connectivity index (χ3v) is 4.72. The first-order valence-electron chi connectivity index (χ1n) is 8.86. The van der Waals surface area contributed by atoms with Crippen molar-refractivity contribution in [2.45, 2.75) is 32.2 Å². The Morgan fingerprint density at radius 3 is 2.48 bits per heavy atom. The zero-order chi connectivity index (χ0) is 18.3. The van der Waals surface area contributed by atoms with Crippen LogP contribution in [0.25, 0.3) is 0 Å². The molecule has 136 valence electrons. The number of likely N-dealkylation sites (tertiary alicyclic amines) is 1. The lowest BCUT2D eigenvalue weighted by Crippen LogP contribution is -2.57. The number of hydrogen-bond acceptors (Lipinski definition) is 5. The molecule has 1 amide bonds. The normalized spacial score (nSPS) is 16.5. The van der Waals surface area contributed by atoms with Crippen molar-refractivity contribution in [1.82, 2.24) is 10.2 Å². The summed E-state index contributed by atoms with van der Waals surface area (Å²) < 4.78 is 0. The van der Waals surface area contributed by atoms with E-state index in [2.05, 4.69) is 30.6 Å². The molecule has 1 aromatic rings. The van der Waals surface area contributed by atoms with Crippen LogP contribution in [0.5, 0.6) is 0 Å². The van der Waals surface area contributed by atoms with E-state index in [0.29, 0.717) is 24.6 Å². The number of carbonyl (C=O) groups excluding carboxylic acids is 1. The molecule has 1 aromatic carbocycles. The van der Waals surface area contributed by atoms with Gasteiger partial charge in [0.25, 0.3) is 0 Å². The van der Waals surface area contributed by atoms with E-state index in [9.17, 15) is 9.90 Å². The lowest BCUT2D eigenvalue weighted by atomic mass is 9.87. The summed E-state index contributed by atoms with van der Waals surface area (Å²) in [4.78, 5) is 14.2. The number of piperidine rings is 1. The van der Waals surface area contributed by atoms with Crippen LogP contribution in [0.2, 0.25) is 0 Å². The molecular formula is C19H28N4O2. The number of benzene rings is 1. The van der Waals surface area contributed by atoms with Gasteiger partial charge in [0.1, 0.15) is 0 Å². The Morgan fingerprint density at radius 1 is 1.32 bits per heavy atom. The highest BCUT2D eigenvalue weighted by Gasteiger charge is 2.34. The van der Waals surface area contributed by atoms with Crippen LogP contribution in [0.1, 0.15) is 32.3 Å². The summed E-state index contributed by atoms with van der Waals surface area (Å²) in [5, 5.41) is 25.2. The molecule has 0 aromatic heterocycles. The van der Waals surface area contributed by atoms with E-state index < -0.39 is 0 Å². The maximum atomic E-state index is 12.4. The van der Waals surface area contributed by atoms with Crippen LogP contribution >= 0.6 is 0 Å². The molecule has 0 atom stereocenters. The molecule has 0 aliphatic carbocycles. The highest BCUT2D eigenvalue weighted by atomic mass is 16.3. The fraction of sp³-hybridized carbons (Fsp3) is 0.579. The first kappa shape index (κ1) is 19.2. The second kappa shape index (κ2) is 8.84. The van der Waals surface area contributed by atoms with Crippen LogP contribution in [0, 0.1) is 17.2 Å². The second-order valence-electron chi connectivity index (χ2n) is 7.14. The molecule has 1 fully saturated rings. The van der Waals surface area contributed by atoms with Crippen LogP contribution in [-0.4, -0.2) is 54.2 Å². The number of nitriles is 1. The van der Waals surface area contributed by atoms with Gasteiger partial charge in [-0.2, -0.15) is 5.26 Å². The summed E-state index contributed by atoms with van der Waals surface area (Å²) >= 11 is 0. The zero-order valence-corrected chi connectivity index (χ0v) is 15.1. The maximum Gasteiger partial charge on any atom is 0.241 e. The predicted molar refractivity (Wildman–Crippen MR) is 98.1 cm³/mol. The molecular weight excluding hydrogens is 316 g/mol. The van der Waals surface area contributed by atoms with E-state index in [-0.39, 0.29) is 24.6 Å². The summed E-state index contributed by atoms with van der Waals surface area (Å²) in [6, 6.07) is 9.12. The van der Waals surface area contributed by atoms with Gasteiger partial charge in [0.05, 0.1) is 24.8 Å². The van der Waals surface area contributed by atoms with Crippen molar-refractivity contribution in [2.75, 3.05) is 38.1 Å². The van der Waals surface area contributed by atoms with Gasteiger partial charge in [0.2, 0.25) is 5.91 Å². The Labute approximate surface area is 149 Å². The minimum absolute atomic E-state index is 0.0553. The van der Waals surface area contributed by atoms with Gasteiger partial charge in [0, 0.05) is 24.3 Å². The predicted octanol–water partition coefficient (Wildman–Crippen LogP) is 1.57. The minimum Gasteiger partial charge on any atom is -0.394 e. The van der Waals surface area contributed by atoms with Crippen molar-refractivity contribution in [3.05, 3.63) is 29.8 Å². The molecule has 3 N–H and O–H groups in total. The molecule has 0 unspecified atom stereocenters. The summed E-state index contributed by atoms with van der Waals surface area (Å²) in [6.07, 6.45) is 1.53. The Hall–Kier alpha value is -2.10. The highest BCUT2D eigenvalue weighted by Crippen LogP contribution is 2.22. The molecule has 1 aliphatic heterocycles. The standard InChI is InChI=1S/C19H28N4O2/c1-15(2)12-22-19(14-24)7-9-23(10-8-19)18(25)13-21-17-5-3-16(11-20)4-6-17/h3-6,15,21-22,24H,7-10,12-14H2,1-2H3. The van der Waals surface area contributed by atoms with Crippen molar-refractivity contribution < 1.29 is 9.90 Å². The SMILES string of the molecule is CC(C)CNC1(CO)CCN(C(=O)CNc2ccc(C#N)cc2)CC1. The van der Waals surface area contributed by atoms with E-state index in [4.69, 9.17) is 5.26 Å². The van der Waals surface area contributed by atoms with Crippen LogP contribution < -0.4 is 10.6 Å². The van der Waals surface area contributed by atoms with Gasteiger partial charge in [-0.15, -0.1) is 0 Å². The average molecular weight is 344 g/mol. The first-order chi connectivity index (χ1) is 12.0.